The summed E-state index contributed by atoms with van der Waals surface area (Å²) in [6.07, 6.45) is 4.15. The van der Waals surface area contributed by atoms with Crippen molar-refractivity contribution in [1.82, 2.24) is 9.97 Å². The van der Waals surface area contributed by atoms with Gasteiger partial charge in [0, 0.05) is 12.0 Å². The summed E-state index contributed by atoms with van der Waals surface area (Å²) in [6.45, 7) is 0.525. The lowest BCUT2D eigenvalue weighted by Crippen LogP contribution is -2.08. The normalized spacial score (nSPS) is 11.4. The van der Waals surface area contributed by atoms with Gasteiger partial charge in [0.25, 0.3) is 0 Å². The summed E-state index contributed by atoms with van der Waals surface area (Å²) in [5.41, 5.74) is 4.59. The Balaban J connectivity index is 1.33. The van der Waals surface area contributed by atoms with E-state index in [1.807, 2.05) is 78.9 Å². The Morgan fingerprint density at radius 2 is 1.42 bits per heavy atom. The number of sulfone groups is 1. The Labute approximate surface area is 182 Å². The van der Waals surface area contributed by atoms with E-state index < -0.39 is 9.84 Å². The Morgan fingerprint density at radius 3 is 2.13 bits per heavy atom. The van der Waals surface area contributed by atoms with Crippen LogP contribution in [0.3, 0.4) is 0 Å². The van der Waals surface area contributed by atoms with E-state index in [4.69, 9.17) is 4.74 Å². The molecular weight excluding hydrogens is 408 g/mol. The number of benzene rings is 3. The summed E-state index contributed by atoms with van der Waals surface area (Å²) < 4.78 is 31.0. The highest BCUT2D eigenvalue weighted by molar-refractivity contribution is 7.89. The van der Waals surface area contributed by atoms with Gasteiger partial charge < -0.3 is 9.72 Å². The molecule has 6 heteroatoms. The first-order valence-electron chi connectivity index (χ1n) is 10.1. The topological polar surface area (TPSA) is 72.1 Å². The smallest absolute Gasteiger partial charge is 0.158 e. The van der Waals surface area contributed by atoms with Crippen molar-refractivity contribution in [3.8, 4) is 17.0 Å². The Kier molecular flexibility index (Phi) is 6.48. The molecule has 0 atom stereocenters. The molecule has 0 aliphatic heterocycles. The van der Waals surface area contributed by atoms with Gasteiger partial charge in [0.2, 0.25) is 0 Å². The maximum absolute atomic E-state index is 12.5. The molecule has 1 aromatic heterocycles. The van der Waals surface area contributed by atoms with Crippen LogP contribution in [-0.2, 0) is 27.8 Å². The molecule has 0 bridgehead atoms. The van der Waals surface area contributed by atoms with Crippen molar-refractivity contribution in [1.29, 1.82) is 0 Å². The number of nitrogens with one attached hydrogen (secondary N) is 1. The van der Waals surface area contributed by atoms with Crippen LogP contribution < -0.4 is 4.74 Å². The second kappa shape index (κ2) is 9.62. The minimum atomic E-state index is -3.21. The molecule has 1 N–H and O–H groups in total. The zero-order valence-corrected chi connectivity index (χ0v) is 17.9. The number of imidazole rings is 1. The molecule has 0 spiro atoms. The predicted molar refractivity (Wildman–Crippen MR) is 122 cm³/mol. The maximum Gasteiger partial charge on any atom is 0.158 e. The van der Waals surface area contributed by atoms with Gasteiger partial charge >= 0.3 is 0 Å². The standard InChI is InChI=1S/C25H24N2O3S/c28-31(29,17-21-6-2-1-3-7-21)18-22-12-10-20(11-13-22)14-15-30-25-9-5-4-8-23(25)24-16-26-19-27-24/h1-13,16,19H,14-15,17-18H2,(H,26,27). The lowest BCUT2D eigenvalue weighted by molar-refractivity contribution is 0.323. The van der Waals surface area contributed by atoms with Crippen LogP contribution in [0.15, 0.2) is 91.4 Å². The average Bonchev–Trinajstić information content (AvgIpc) is 3.30. The van der Waals surface area contributed by atoms with Crippen LogP contribution in [0.4, 0.5) is 0 Å². The van der Waals surface area contributed by atoms with E-state index in [9.17, 15) is 8.42 Å². The molecule has 31 heavy (non-hydrogen) atoms. The Hall–Kier alpha value is -3.38. The summed E-state index contributed by atoms with van der Waals surface area (Å²) in [5, 5.41) is 0. The number of nitrogens with zero attached hydrogens (tertiary/aromatic N) is 1. The van der Waals surface area contributed by atoms with Gasteiger partial charge in [0.05, 0.1) is 36.3 Å². The third-order valence-corrected chi connectivity index (χ3v) is 6.51. The second-order valence-electron chi connectivity index (χ2n) is 7.39. The summed E-state index contributed by atoms with van der Waals surface area (Å²) in [5.74, 6) is 0.894. The molecule has 158 valence electrons. The number of rotatable bonds is 9. The van der Waals surface area contributed by atoms with Crippen LogP contribution >= 0.6 is 0 Å². The van der Waals surface area contributed by atoms with Gasteiger partial charge in [-0.05, 0) is 28.8 Å². The van der Waals surface area contributed by atoms with Gasteiger partial charge in [-0.2, -0.15) is 0 Å². The number of para-hydroxylation sites is 1. The maximum atomic E-state index is 12.5. The van der Waals surface area contributed by atoms with Gasteiger partial charge in [0.1, 0.15) is 5.75 Å². The predicted octanol–water partition coefficient (Wildman–Crippen LogP) is 4.81. The molecule has 0 aliphatic carbocycles. The van der Waals surface area contributed by atoms with Crippen molar-refractivity contribution < 1.29 is 13.2 Å². The SMILES string of the molecule is O=S(=O)(Cc1ccccc1)Cc1ccc(CCOc2ccccc2-c2cnc[nH]2)cc1. The van der Waals surface area contributed by atoms with Crippen LogP contribution in [0.1, 0.15) is 16.7 Å². The van der Waals surface area contributed by atoms with Crippen molar-refractivity contribution >= 4 is 9.84 Å². The largest absolute Gasteiger partial charge is 0.493 e. The number of hydrogen-bond acceptors (Lipinski definition) is 4. The second-order valence-corrected chi connectivity index (χ2v) is 9.46. The summed E-state index contributed by atoms with van der Waals surface area (Å²) in [6, 6.07) is 24.8. The number of aromatic amines is 1. The molecule has 0 radical (unpaired) electrons. The molecule has 1 heterocycles. The van der Waals surface area contributed by atoms with E-state index in [1.54, 1.807) is 12.5 Å². The van der Waals surface area contributed by atoms with Crippen LogP contribution in [0.25, 0.3) is 11.3 Å². The molecule has 0 saturated heterocycles. The van der Waals surface area contributed by atoms with Gasteiger partial charge in [-0.25, -0.2) is 13.4 Å². The first-order chi connectivity index (χ1) is 15.1. The quantitative estimate of drug-likeness (QED) is 0.412. The number of aromatic nitrogens is 2. The first-order valence-corrected chi connectivity index (χ1v) is 11.9. The van der Waals surface area contributed by atoms with E-state index in [0.717, 1.165) is 40.1 Å². The average molecular weight is 433 g/mol. The van der Waals surface area contributed by atoms with E-state index in [-0.39, 0.29) is 11.5 Å². The van der Waals surface area contributed by atoms with Gasteiger partial charge in [-0.15, -0.1) is 0 Å². The fourth-order valence-electron chi connectivity index (χ4n) is 3.43. The van der Waals surface area contributed by atoms with Crippen molar-refractivity contribution in [2.75, 3.05) is 6.61 Å². The number of H-pyrrole nitrogens is 1. The van der Waals surface area contributed by atoms with Crippen LogP contribution in [-0.4, -0.2) is 25.0 Å². The zero-order chi connectivity index (χ0) is 21.5. The molecule has 0 fully saturated rings. The van der Waals surface area contributed by atoms with Crippen LogP contribution in [0.2, 0.25) is 0 Å². The molecule has 0 aliphatic rings. The molecule has 0 amide bonds. The van der Waals surface area contributed by atoms with Gasteiger partial charge in [0.15, 0.2) is 9.84 Å². The fourth-order valence-corrected chi connectivity index (χ4v) is 4.94. The lowest BCUT2D eigenvalue weighted by atomic mass is 10.1. The molecule has 0 saturated carbocycles. The number of hydrogen-bond donors (Lipinski definition) is 1. The van der Waals surface area contributed by atoms with E-state index in [2.05, 4.69) is 9.97 Å². The summed E-state index contributed by atoms with van der Waals surface area (Å²) in [4.78, 5) is 7.17. The van der Waals surface area contributed by atoms with E-state index in [0.29, 0.717) is 6.61 Å². The van der Waals surface area contributed by atoms with Gasteiger partial charge in [-0.3, -0.25) is 0 Å². The minimum absolute atomic E-state index is 0.0379. The summed E-state index contributed by atoms with van der Waals surface area (Å²) >= 11 is 0. The molecule has 5 nitrogen and oxygen atoms in total. The van der Waals surface area contributed by atoms with Crippen molar-refractivity contribution in [3.05, 3.63) is 108 Å². The number of ether oxygens (including phenoxy) is 1. The third-order valence-electron chi connectivity index (χ3n) is 4.96. The highest BCUT2D eigenvalue weighted by Gasteiger charge is 2.13. The van der Waals surface area contributed by atoms with Crippen molar-refractivity contribution in [3.63, 3.8) is 0 Å². The third kappa shape index (κ3) is 5.83. The molecule has 0 unspecified atom stereocenters. The lowest BCUT2D eigenvalue weighted by Gasteiger charge is -2.11. The summed E-state index contributed by atoms with van der Waals surface area (Å²) in [7, 11) is -3.21. The Morgan fingerprint density at radius 1 is 0.774 bits per heavy atom. The molecular formula is C25H24N2O3S. The first kappa shape index (κ1) is 20.9. The minimum Gasteiger partial charge on any atom is -0.493 e. The van der Waals surface area contributed by atoms with Crippen LogP contribution in [0, 0.1) is 0 Å². The molecule has 3 aromatic carbocycles. The molecule has 4 rings (SSSR count). The van der Waals surface area contributed by atoms with Crippen molar-refractivity contribution in [2.24, 2.45) is 0 Å². The highest BCUT2D eigenvalue weighted by atomic mass is 32.2. The molecule has 4 aromatic rings. The monoisotopic (exact) mass is 432 g/mol. The van der Waals surface area contributed by atoms with Gasteiger partial charge in [-0.1, -0.05) is 66.7 Å². The highest BCUT2D eigenvalue weighted by Crippen LogP contribution is 2.28. The Bertz CT molecular complexity index is 1200. The zero-order valence-electron chi connectivity index (χ0n) is 17.1. The van der Waals surface area contributed by atoms with Crippen molar-refractivity contribution in [2.45, 2.75) is 17.9 Å². The van der Waals surface area contributed by atoms with Crippen LogP contribution in [0.5, 0.6) is 5.75 Å². The van der Waals surface area contributed by atoms with E-state index >= 15 is 0 Å². The van der Waals surface area contributed by atoms with E-state index in [1.165, 1.54) is 0 Å². The fraction of sp³-hybridized carbons (Fsp3) is 0.160.